The van der Waals surface area contributed by atoms with Gasteiger partial charge in [-0.1, -0.05) is 42.1 Å². The summed E-state index contributed by atoms with van der Waals surface area (Å²) in [6, 6.07) is 15.1. The summed E-state index contributed by atoms with van der Waals surface area (Å²) in [4.78, 5) is 3.63. The molecule has 1 heterocycles. The van der Waals surface area contributed by atoms with Gasteiger partial charge >= 0.3 is 0 Å². The normalized spacial score (nSPS) is 17.4. The van der Waals surface area contributed by atoms with Crippen LogP contribution >= 0.6 is 11.8 Å². The van der Waals surface area contributed by atoms with Gasteiger partial charge in [0.1, 0.15) is 5.50 Å². The van der Waals surface area contributed by atoms with Gasteiger partial charge in [0, 0.05) is 11.4 Å². The summed E-state index contributed by atoms with van der Waals surface area (Å²) >= 11 is 1.76. The molecule has 20 heavy (non-hydrogen) atoms. The molecule has 0 spiro atoms. The van der Waals surface area contributed by atoms with Crippen molar-refractivity contribution in [1.29, 1.82) is 0 Å². The molecular weight excluding hydrogens is 264 g/mol. The molecule has 1 aliphatic heterocycles. The van der Waals surface area contributed by atoms with Crippen LogP contribution in [0, 0.1) is 13.8 Å². The average Bonchev–Trinajstić information content (AvgIpc) is 2.73. The summed E-state index contributed by atoms with van der Waals surface area (Å²) < 4.78 is 0. The van der Waals surface area contributed by atoms with E-state index in [2.05, 4.69) is 61.2 Å². The highest BCUT2D eigenvalue weighted by atomic mass is 32.2. The van der Waals surface area contributed by atoms with E-state index < -0.39 is 0 Å². The van der Waals surface area contributed by atoms with Crippen molar-refractivity contribution in [2.45, 2.75) is 30.7 Å². The molecule has 0 saturated carbocycles. The summed E-state index contributed by atoms with van der Waals surface area (Å²) in [5, 5.41) is 0. The zero-order chi connectivity index (χ0) is 14.1. The summed E-state index contributed by atoms with van der Waals surface area (Å²) in [5.74, 6) is 0. The first-order valence-electron chi connectivity index (χ1n) is 6.99. The van der Waals surface area contributed by atoms with E-state index in [1.54, 1.807) is 11.8 Å². The van der Waals surface area contributed by atoms with Gasteiger partial charge in [-0.25, -0.2) is 0 Å². The molecule has 0 saturated heterocycles. The van der Waals surface area contributed by atoms with E-state index in [1.807, 2.05) is 0 Å². The maximum Gasteiger partial charge on any atom is 0.130 e. The van der Waals surface area contributed by atoms with Crippen LogP contribution in [0.3, 0.4) is 0 Å². The molecule has 0 fully saturated rings. The number of hydrogen-bond acceptors (Lipinski definition) is 3. The van der Waals surface area contributed by atoms with Crippen LogP contribution in [-0.4, -0.2) is 12.0 Å². The Kier molecular flexibility index (Phi) is 3.72. The monoisotopic (exact) mass is 284 g/mol. The second-order valence-electron chi connectivity index (χ2n) is 5.34. The van der Waals surface area contributed by atoms with Crippen LogP contribution in [0.15, 0.2) is 47.4 Å². The van der Waals surface area contributed by atoms with E-state index in [-0.39, 0.29) is 5.50 Å². The Balaban J connectivity index is 1.80. The molecule has 2 N–H and O–H groups in total. The van der Waals surface area contributed by atoms with Crippen molar-refractivity contribution < 1.29 is 0 Å². The topological polar surface area (TPSA) is 29.3 Å². The predicted octanol–water partition coefficient (Wildman–Crippen LogP) is 3.70. The van der Waals surface area contributed by atoms with Gasteiger partial charge in [-0.2, -0.15) is 0 Å². The van der Waals surface area contributed by atoms with Crippen LogP contribution in [0.5, 0.6) is 0 Å². The number of hydrogen-bond donors (Lipinski definition) is 1. The van der Waals surface area contributed by atoms with Crippen molar-refractivity contribution in [2.24, 2.45) is 5.73 Å². The maximum atomic E-state index is 6.28. The number of fused-ring (bicyclic) bond motifs is 1. The highest BCUT2D eigenvalue weighted by molar-refractivity contribution is 8.00. The van der Waals surface area contributed by atoms with Crippen molar-refractivity contribution in [3.8, 4) is 0 Å². The van der Waals surface area contributed by atoms with Gasteiger partial charge < -0.3 is 10.6 Å². The molecule has 0 bridgehead atoms. The summed E-state index contributed by atoms with van der Waals surface area (Å²) in [5.41, 5.74) is 11.7. The number of benzene rings is 2. The van der Waals surface area contributed by atoms with Gasteiger partial charge in [0.25, 0.3) is 0 Å². The smallest absolute Gasteiger partial charge is 0.130 e. The third-order valence-electron chi connectivity index (χ3n) is 3.92. The number of nitrogens with two attached hydrogens (primary N) is 1. The molecule has 2 aromatic carbocycles. The Morgan fingerprint density at radius 1 is 1.10 bits per heavy atom. The Morgan fingerprint density at radius 2 is 1.80 bits per heavy atom. The lowest BCUT2D eigenvalue weighted by Crippen LogP contribution is -2.37. The van der Waals surface area contributed by atoms with Crippen LogP contribution in [0.25, 0.3) is 0 Å². The third-order valence-corrected chi connectivity index (χ3v) is 5.00. The van der Waals surface area contributed by atoms with E-state index >= 15 is 0 Å². The van der Waals surface area contributed by atoms with Crippen LogP contribution < -0.4 is 10.6 Å². The summed E-state index contributed by atoms with van der Waals surface area (Å²) in [6.07, 6.45) is 1.03. The molecule has 1 unspecified atom stereocenters. The molecule has 0 radical (unpaired) electrons. The van der Waals surface area contributed by atoms with E-state index in [4.69, 9.17) is 5.73 Å². The molecule has 0 aliphatic carbocycles. The third kappa shape index (κ3) is 2.56. The average molecular weight is 284 g/mol. The first-order valence-corrected chi connectivity index (χ1v) is 7.87. The standard InChI is InChI=1S/C17H20N2S/c1-12-10-15-16(11-13(12)2)20-17(18)19(15)9-8-14-6-4-3-5-7-14/h3-7,10-11,17H,8-9,18H2,1-2H3. The first kappa shape index (κ1) is 13.5. The van der Waals surface area contributed by atoms with Crippen molar-refractivity contribution in [3.63, 3.8) is 0 Å². The van der Waals surface area contributed by atoms with E-state index in [9.17, 15) is 0 Å². The quantitative estimate of drug-likeness (QED) is 0.932. The minimum absolute atomic E-state index is 0.0370. The van der Waals surface area contributed by atoms with Crippen LogP contribution in [0.4, 0.5) is 5.69 Å². The second kappa shape index (κ2) is 5.51. The maximum absolute atomic E-state index is 6.28. The molecular formula is C17H20N2S. The molecule has 3 heteroatoms. The van der Waals surface area contributed by atoms with Crippen molar-refractivity contribution in [1.82, 2.24) is 0 Å². The minimum Gasteiger partial charge on any atom is -0.346 e. The Morgan fingerprint density at radius 3 is 2.55 bits per heavy atom. The number of rotatable bonds is 3. The van der Waals surface area contributed by atoms with Gasteiger partial charge in [0.2, 0.25) is 0 Å². The lowest BCUT2D eigenvalue weighted by Gasteiger charge is -2.24. The zero-order valence-corrected chi connectivity index (χ0v) is 12.8. The van der Waals surface area contributed by atoms with Crippen LogP contribution in [-0.2, 0) is 6.42 Å². The molecule has 0 amide bonds. The Bertz CT molecular complexity index is 610. The van der Waals surface area contributed by atoms with Gasteiger partial charge in [-0.3, -0.25) is 0 Å². The Labute approximate surface area is 125 Å². The van der Waals surface area contributed by atoms with Gasteiger partial charge in [0.05, 0.1) is 5.69 Å². The number of anilines is 1. The number of thioether (sulfide) groups is 1. The van der Waals surface area contributed by atoms with E-state index in [0.717, 1.165) is 13.0 Å². The van der Waals surface area contributed by atoms with E-state index in [1.165, 1.54) is 27.3 Å². The lowest BCUT2D eigenvalue weighted by molar-refractivity contribution is 0.765. The molecule has 104 valence electrons. The van der Waals surface area contributed by atoms with Crippen molar-refractivity contribution in [3.05, 3.63) is 59.2 Å². The van der Waals surface area contributed by atoms with Crippen molar-refractivity contribution >= 4 is 17.4 Å². The Hall–Kier alpha value is -1.45. The molecule has 3 rings (SSSR count). The second-order valence-corrected chi connectivity index (χ2v) is 6.50. The molecule has 0 aromatic heterocycles. The zero-order valence-electron chi connectivity index (χ0n) is 12.0. The fourth-order valence-corrected chi connectivity index (χ4v) is 3.71. The summed E-state index contributed by atoms with van der Waals surface area (Å²) in [6.45, 7) is 5.29. The number of aryl methyl sites for hydroxylation is 2. The van der Waals surface area contributed by atoms with Gasteiger partial charge in [-0.05, 0) is 49.1 Å². The SMILES string of the molecule is Cc1cc2c(cc1C)N(CCc1ccccc1)C(N)S2. The van der Waals surface area contributed by atoms with Crippen molar-refractivity contribution in [2.75, 3.05) is 11.4 Å². The van der Waals surface area contributed by atoms with Crippen LogP contribution in [0.1, 0.15) is 16.7 Å². The number of nitrogens with zero attached hydrogens (tertiary/aromatic N) is 1. The summed E-state index contributed by atoms with van der Waals surface area (Å²) in [7, 11) is 0. The lowest BCUT2D eigenvalue weighted by atomic mass is 10.1. The van der Waals surface area contributed by atoms with Gasteiger partial charge in [-0.15, -0.1) is 0 Å². The van der Waals surface area contributed by atoms with E-state index in [0.29, 0.717) is 0 Å². The fraction of sp³-hybridized carbons (Fsp3) is 0.294. The fourth-order valence-electron chi connectivity index (χ4n) is 2.57. The van der Waals surface area contributed by atoms with Crippen LogP contribution in [0.2, 0.25) is 0 Å². The molecule has 2 aromatic rings. The molecule has 1 aliphatic rings. The largest absolute Gasteiger partial charge is 0.346 e. The molecule has 2 nitrogen and oxygen atoms in total. The highest BCUT2D eigenvalue weighted by Crippen LogP contribution is 2.42. The minimum atomic E-state index is 0.0370. The highest BCUT2D eigenvalue weighted by Gasteiger charge is 2.27. The van der Waals surface area contributed by atoms with Gasteiger partial charge in [0.15, 0.2) is 0 Å². The predicted molar refractivity (Wildman–Crippen MR) is 87.2 cm³/mol. The first-order chi connectivity index (χ1) is 9.65. The molecule has 1 atom stereocenters.